The van der Waals surface area contributed by atoms with Crippen molar-refractivity contribution in [3.8, 4) is 0 Å². The molecule has 16 heavy (non-hydrogen) atoms. The van der Waals surface area contributed by atoms with Crippen molar-refractivity contribution in [2.24, 2.45) is 0 Å². The highest BCUT2D eigenvalue weighted by Crippen LogP contribution is 2.11. The summed E-state index contributed by atoms with van der Waals surface area (Å²) < 4.78 is 0. The van der Waals surface area contributed by atoms with Crippen molar-refractivity contribution in [2.45, 2.75) is 20.4 Å². The first-order valence-corrected chi connectivity index (χ1v) is 6.14. The van der Waals surface area contributed by atoms with Crippen LogP contribution in [-0.4, -0.2) is 17.9 Å². The lowest BCUT2D eigenvalue weighted by Gasteiger charge is -2.16. The molecule has 0 N–H and O–H groups in total. The Hall–Kier alpha value is -1.35. The number of carbonyl (C=O) groups is 1. The van der Waals surface area contributed by atoms with Crippen LogP contribution in [0.15, 0.2) is 41.3 Å². The molecular weight excluding hydrogens is 218 g/mol. The maximum absolute atomic E-state index is 10.9. The van der Waals surface area contributed by atoms with Gasteiger partial charge in [-0.3, -0.25) is 4.79 Å². The molecule has 1 heterocycles. The van der Waals surface area contributed by atoms with Gasteiger partial charge in [0.25, 0.3) is 0 Å². The van der Waals surface area contributed by atoms with E-state index in [2.05, 4.69) is 0 Å². The van der Waals surface area contributed by atoms with Crippen LogP contribution in [0.25, 0.3) is 0 Å². The minimum Gasteiger partial charge on any atom is -0.336 e. The van der Waals surface area contributed by atoms with E-state index in [4.69, 9.17) is 0 Å². The van der Waals surface area contributed by atoms with Crippen LogP contribution in [0.4, 0.5) is 0 Å². The zero-order valence-corrected chi connectivity index (χ0v) is 10.5. The fraction of sp³-hybridized carbons (Fsp3) is 0.308. The van der Waals surface area contributed by atoms with E-state index in [0.29, 0.717) is 13.1 Å². The lowest BCUT2D eigenvalue weighted by atomic mass is 10.2. The van der Waals surface area contributed by atoms with Gasteiger partial charge >= 0.3 is 0 Å². The molecule has 0 aliphatic heterocycles. The summed E-state index contributed by atoms with van der Waals surface area (Å²) in [5.74, 6) is 0. The molecule has 1 aromatic rings. The van der Waals surface area contributed by atoms with Crippen molar-refractivity contribution >= 4 is 17.7 Å². The van der Waals surface area contributed by atoms with Gasteiger partial charge in [0, 0.05) is 11.4 Å². The van der Waals surface area contributed by atoms with Crippen molar-refractivity contribution in [3.05, 3.63) is 46.2 Å². The lowest BCUT2D eigenvalue weighted by molar-refractivity contribution is -0.118. The number of hydrogen-bond donors (Lipinski definition) is 0. The Morgan fingerprint density at radius 3 is 2.94 bits per heavy atom. The molecule has 0 aromatic carbocycles. The monoisotopic (exact) mass is 235 g/mol. The number of allylic oxidation sites excluding steroid dienone is 3. The average molecular weight is 235 g/mol. The average Bonchev–Trinajstić information content (AvgIpc) is 2.78. The van der Waals surface area contributed by atoms with Crippen LogP contribution in [0.2, 0.25) is 0 Å². The van der Waals surface area contributed by atoms with Crippen molar-refractivity contribution < 1.29 is 4.79 Å². The third kappa shape index (κ3) is 4.45. The van der Waals surface area contributed by atoms with Gasteiger partial charge < -0.3 is 4.90 Å². The summed E-state index contributed by atoms with van der Waals surface area (Å²) in [4.78, 5) is 13.9. The Labute approximate surface area is 101 Å². The molecule has 0 atom stereocenters. The number of amides is 1. The minimum absolute atomic E-state index is 0.686. The molecule has 0 aliphatic rings. The first-order chi connectivity index (χ1) is 7.76. The van der Waals surface area contributed by atoms with Gasteiger partial charge in [0.15, 0.2) is 0 Å². The van der Waals surface area contributed by atoms with Gasteiger partial charge in [0.1, 0.15) is 0 Å². The summed E-state index contributed by atoms with van der Waals surface area (Å²) in [6.45, 7) is 5.39. The van der Waals surface area contributed by atoms with E-state index >= 15 is 0 Å². The van der Waals surface area contributed by atoms with E-state index < -0.39 is 0 Å². The molecule has 0 saturated carbocycles. The first-order valence-electron chi connectivity index (χ1n) is 5.26. The summed E-state index contributed by atoms with van der Waals surface area (Å²) in [7, 11) is 0. The molecule has 0 fully saturated rings. The van der Waals surface area contributed by atoms with Crippen molar-refractivity contribution in [1.82, 2.24) is 4.90 Å². The zero-order chi connectivity index (χ0) is 11.8. The highest BCUT2D eigenvalue weighted by atomic mass is 32.1. The summed E-state index contributed by atoms with van der Waals surface area (Å²) in [6, 6.07) is 4.05. The second kappa shape index (κ2) is 7.01. The summed E-state index contributed by atoms with van der Waals surface area (Å²) >= 11 is 1.68. The Morgan fingerprint density at radius 1 is 1.56 bits per heavy atom. The van der Waals surface area contributed by atoms with Gasteiger partial charge in [0.2, 0.25) is 6.41 Å². The summed E-state index contributed by atoms with van der Waals surface area (Å²) in [5, 5.41) is 2.03. The molecule has 1 amide bonds. The Balaban J connectivity index is 2.52. The van der Waals surface area contributed by atoms with Crippen molar-refractivity contribution in [2.75, 3.05) is 6.54 Å². The maximum Gasteiger partial charge on any atom is 0.210 e. The number of carbonyl (C=O) groups excluding carboxylic acids is 1. The molecule has 0 radical (unpaired) electrons. The quantitative estimate of drug-likeness (QED) is 0.547. The third-order valence-corrected chi connectivity index (χ3v) is 2.97. The van der Waals surface area contributed by atoms with Crippen LogP contribution in [0.5, 0.6) is 0 Å². The van der Waals surface area contributed by atoms with E-state index in [-0.39, 0.29) is 0 Å². The third-order valence-electron chi connectivity index (χ3n) is 2.11. The van der Waals surface area contributed by atoms with Crippen LogP contribution in [0.3, 0.4) is 0 Å². The second-order valence-corrected chi connectivity index (χ2v) is 4.66. The highest BCUT2D eigenvalue weighted by molar-refractivity contribution is 7.09. The Kier molecular flexibility index (Phi) is 5.57. The molecule has 0 spiro atoms. The normalized spacial score (nSPS) is 12.0. The molecule has 86 valence electrons. The van der Waals surface area contributed by atoms with Crippen LogP contribution in [0, 0.1) is 0 Å². The molecule has 2 nitrogen and oxygen atoms in total. The van der Waals surface area contributed by atoms with Crippen molar-refractivity contribution in [1.29, 1.82) is 0 Å². The molecule has 3 heteroatoms. The van der Waals surface area contributed by atoms with E-state index in [1.807, 2.05) is 49.6 Å². The van der Waals surface area contributed by atoms with Gasteiger partial charge in [-0.15, -0.1) is 11.3 Å². The Morgan fingerprint density at radius 2 is 2.38 bits per heavy atom. The fourth-order valence-electron chi connectivity index (χ4n) is 1.37. The van der Waals surface area contributed by atoms with Gasteiger partial charge in [-0.25, -0.2) is 0 Å². The smallest absolute Gasteiger partial charge is 0.210 e. The zero-order valence-electron chi connectivity index (χ0n) is 9.72. The highest BCUT2D eigenvalue weighted by Gasteiger charge is 2.03. The van der Waals surface area contributed by atoms with E-state index in [1.54, 1.807) is 16.2 Å². The minimum atomic E-state index is 0.686. The molecular formula is C13H17NOS. The van der Waals surface area contributed by atoms with E-state index in [1.165, 1.54) is 10.5 Å². The molecule has 0 bridgehead atoms. The second-order valence-electron chi connectivity index (χ2n) is 3.63. The Bertz CT molecular complexity index is 365. The summed E-state index contributed by atoms with van der Waals surface area (Å²) in [6.07, 6.45) is 6.91. The van der Waals surface area contributed by atoms with Crippen LogP contribution in [0.1, 0.15) is 18.7 Å². The fourth-order valence-corrected chi connectivity index (χ4v) is 2.10. The molecule has 1 rings (SSSR count). The number of hydrogen-bond acceptors (Lipinski definition) is 2. The van der Waals surface area contributed by atoms with Gasteiger partial charge in [-0.1, -0.05) is 29.9 Å². The largest absolute Gasteiger partial charge is 0.336 e. The number of thiophene rings is 1. The predicted molar refractivity (Wildman–Crippen MR) is 69.4 cm³/mol. The van der Waals surface area contributed by atoms with E-state index in [9.17, 15) is 4.79 Å². The number of rotatable bonds is 6. The molecule has 0 saturated heterocycles. The number of nitrogens with zero attached hydrogens (tertiary/aromatic N) is 1. The standard InChI is InChI=1S/C13H17NOS/c1-3-4-6-12(2)9-14(11-15)10-13-7-5-8-16-13/h3-8,11H,9-10H2,1-2H3/b4-3-,12-6+. The van der Waals surface area contributed by atoms with Gasteiger partial charge in [0.05, 0.1) is 6.54 Å². The van der Waals surface area contributed by atoms with Crippen LogP contribution in [-0.2, 0) is 11.3 Å². The van der Waals surface area contributed by atoms with Crippen LogP contribution >= 0.6 is 11.3 Å². The molecule has 0 aliphatic carbocycles. The van der Waals surface area contributed by atoms with Gasteiger partial charge in [-0.05, 0) is 25.3 Å². The summed E-state index contributed by atoms with van der Waals surface area (Å²) in [5.41, 5.74) is 1.18. The van der Waals surface area contributed by atoms with Crippen LogP contribution < -0.4 is 0 Å². The lowest BCUT2D eigenvalue weighted by Crippen LogP contribution is -2.22. The SMILES string of the molecule is C/C=C\C=C(/C)CN(C=O)Cc1cccs1. The van der Waals surface area contributed by atoms with Crippen molar-refractivity contribution in [3.63, 3.8) is 0 Å². The van der Waals surface area contributed by atoms with Gasteiger partial charge in [-0.2, -0.15) is 0 Å². The predicted octanol–water partition coefficient (Wildman–Crippen LogP) is 3.23. The topological polar surface area (TPSA) is 20.3 Å². The maximum atomic E-state index is 10.9. The first kappa shape index (κ1) is 12.7. The molecule has 0 unspecified atom stereocenters. The van der Waals surface area contributed by atoms with E-state index in [0.717, 1.165) is 6.41 Å². The molecule has 1 aromatic heterocycles.